The summed E-state index contributed by atoms with van der Waals surface area (Å²) in [6.07, 6.45) is 1.70. The first-order chi connectivity index (χ1) is 12.2. The summed E-state index contributed by atoms with van der Waals surface area (Å²) in [5.74, 6) is 2.04. The molecule has 0 radical (unpaired) electrons. The van der Waals surface area contributed by atoms with E-state index in [-0.39, 0.29) is 0 Å². The van der Waals surface area contributed by atoms with E-state index in [1.54, 1.807) is 18.0 Å². The zero-order valence-electron chi connectivity index (χ0n) is 14.0. The topological polar surface area (TPSA) is 64.4 Å². The van der Waals surface area contributed by atoms with Crippen LogP contribution in [0.1, 0.15) is 12.5 Å². The number of nitrogens with zero attached hydrogens (tertiary/aromatic N) is 3. The number of ether oxygens (including phenoxy) is 2. The molecule has 1 aromatic heterocycles. The highest BCUT2D eigenvalue weighted by Crippen LogP contribution is 2.28. The van der Waals surface area contributed by atoms with Gasteiger partial charge in [0.1, 0.15) is 11.5 Å². The van der Waals surface area contributed by atoms with Gasteiger partial charge in [-0.25, -0.2) is 5.10 Å². The number of rotatable bonds is 6. The maximum Gasteiger partial charge on any atom is 0.216 e. The maximum absolute atomic E-state index is 5.62. The van der Waals surface area contributed by atoms with Crippen LogP contribution in [0.25, 0.3) is 11.4 Å². The van der Waals surface area contributed by atoms with Crippen molar-refractivity contribution in [3.63, 3.8) is 0 Å². The summed E-state index contributed by atoms with van der Waals surface area (Å²) in [5, 5.41) is 11.6. The third-order valence-electron chi connectivity index (χ3n) is 3.53. The van der Waals surface area contributed by atoms with E-state index in [4.69, 9.17) is 21.7 Å². The van der Waals surface area contributed by atoms with Gasteiger partial charge in [-0.15, -0.1) is 0 Å². The smallest absolute Gasteiger partial charge is 0.216 e. The van der Waals surface area contributed by atoms with Gasteiger partial charge in [-0.3, -0.25) is 0 Å². The molecule has 7 heteroatoms. The highest BCUT2D eigenvalue weighted by Gasteiger charge is 2.13. The van der Waals surface area contributed by atoms with Crippen molar-refractivity contribution < 1.29 is 9.47 Å². The Labute approximate surface area is 150 Å². The van der Waals surface area contributed by atoms with E-state index in [0.29, 0.717) is 23.0 Å². The Hall–Kier alpha value is -2.93. The van der Waals surface area contributed by atoms with E-state index in [0.717, 1.165) is 16.9 Å². The van der Waals surface area contributed by atoms with Crippen molar-refractivity contribution in [1.29, 1.82) is 0 Å². The molecule has 0 fully saturated rings. The molecule has 6 nitrogen and oxygen atoms in total. The summed E-state index contributed by atoms with van der Waals surface area (Å²) < 4.78 is 13.0. The largest absolute Gasteiger partial charge is 0.496 e. The van der Waals surface area contributed by atoms with Crippen LogP contribution in [0.15, 0.2) is 53.6 Å². The van der Waals surface area contributed by atoms with Crippen molar-refractivity contribution in [1.82, 2.24) is 14.9 Å². The molecule has 0 saturated heterocycles. The molecule has 1 heterocycles. The summed E-state index contributed by atoms with van der Waals surface area (Å²) in [5.41, 5.74) is 1.66. The molecule has 0 aliphatic carbocycles. The molecule has 2 aromatic carbocycles. The van der Waals surface area contributed by atoms with Crippen molar-refractivity contribution in [2.45, 2.75) is 6.92 Å². The van der Waals surface area contributed by atoms with Crippen LogP contribution in [-0.4, -0.2) is 34.8 Å². The van der Waals surface area contributed by atoms with Gasteiger partial charge in [-0.1, -0.05) is 24.3 Å². The Morgan fingerprint density at radius 3 is 2.64 bits per heavy atom. The summed E-state index contributed by atoms with van der Waals surface area (Å²) in [6, 6.07) is 15.3. The summed E-state index contributed by atoms with van der Waals surface area (Å²) in [4.78, 5) is 0. The molecule has 0 unspecified atom stereocenters. The van der Waals surface area contributed by atoms with Gasteiger partial charge in [0.05, 0.1) is 25.5 Å². The molecule has 1 N–H and O–H groups in total. The Balaban J connectivity index is 2.03. The number of hydrogen-bond acceptors (Lipinski definition) is 5. The molecule has 128 valence electrons. The fourth-order valence-corrected chi connectivity index (χ4v) is 2.58. The third-order valence-corrected chi connectivity index (χ3v) is 3.79. The van der Waals surface area contributed by atoms with E-state index in [1.807, 2.05) is 55.5 Å². The number of benzene rings is 2. The predicted molar refractivity (Wildman–Crippen MR) is 100 cm³/mol. The predicted octanol–water partition coefficient (Wildman–Crippen LogP) is 3.90. The molecule has 0 amide bonds. The third kappa shape index (κ3) is 3.61. The molecular weight excluding hydrogens is 336 g/mol. The standard InChI is InChI=1S/C18H18N4O2S/c1-3-24-15-10-6-4-8-13(15)12-19-22-17(20-21-18(22)25)14-9-5-7-11-16(14)23-2/h4-12H,3H2,1-2H3,(H,21,25). The van der Waals surface area contributed by atoms with Crippen LogP contribution < -0.4 is 9.47 Å². The monoisotopic (exact) mass is 354 g/mol. The molecule has 0 atom stereocenters. The molecule has 0 saturated carbocycles. The van der Waals surface area contributed by atoms with Crippen LogP contribution >= 0.6 is 12.2 Å². The second-order valence-corrected chi connectivity index (χ2v) is 5.47. The normalized spacial score (nSPS) is 11.0. The molecular formula is C18H18N4O2S. The van der Waals surface area contributed by atoms with E-state index in [1.165, 1.54) is 0 Å². The first kappa shape index (κ1) is 16.9. The Bertz CT molecular complexity index is 946. The second-order valence-electron chi connectivity index (χ2n) is 5.08. The molecule has 3 aromatic rings. The minimum absolute atomic E-state index is 0.394. The van der Waals surface area contributed by atoms with Gasteiger partial charge < -0.3 is 9.47 Å². The number of para-hydroxylation sites is 2. The lowest BCUT2D eigenvalue weighted by molar-refractivity contribution is 0.340. The van der Waals surface area contributed by atoms with Gasteiger partial charge in [0.2, 0.25) is 4.77 Å². The van der Waals surface area contributed by atoms with Gasteiger partial charge >= 0.3 is 0 Å². The number of methoxy groups -OCH3 is 1. The van der Waals surface area contributed by atoms with Crippen molar-refractivity contribution >= 4 is 18.4 Å². The molecule has 0 aliphatic heterocycles. The molecule has 25 heavy (non-hydrogen) atoms. The van der Waals surface area contributed by atoms with Crippen molar-refractivity contribution in [2.24, 2.45) is 5.10 Å². The quantitative estimate of drug-likeness (QED) is 0.539. The van der Waals surface area contributed by atoms with E-state index < -0.39 is 0 Å². The average Bonchev–Trinajstić information content (AvgIpc) is 3.01. The number of H-pyrrole nitrogens is 1. The van der Waals surface area contributed by atoms with Crippen LogP contribution in [0.5, 0.6) is 11.5 Å². The van der Waals surface area contributed by atoms with Crippen LogP contribution in [0.4, 0.5) is 0 Å². The lowest BCUT2D eigenvalue weighted by atomic mass is 10.2. The van der Waals surface area contributed by atoms with Gasteiger partial charge in [0.15, 0.2) is 5.82 Å². The van der Waals surface area contributed by atoms with Crippen LogP contribution in [0, 0.1) is 4.77 Å². The van der Waals surface area contributed by atoms with Crippen molar-refractivity contribution in [2.75, 3.05) is 13.7 Å². The highest BCUT2D eigenvalue weighted by molar-refractivity contribution is 7.71. The van der Waals surface area contributed by atoms with Gasteiger partial charge in [0.25, 0.3) is 0 Å². The lowest BCUT2D eigenvalue weighted by Crippen LogP contribution is -1.99. The van der Waals surface area contributed by atoms with E-state index >= 15 is 0 Å². The Morgan fingerprint density at radius 1 is 1.16 bits per heavy atom. The average molecular weight is 354 g/mol. The van der Waals surface area contributed by atoms with Gasteiger partial charge in [0, 0.05) is 5.56 Å². The van der Waals surface area contributed by atoms with E-state index in [2.05, 4.69) is 15.3 Å². The van der Waals surface area contributed by atoms with Gasteiger partial charge in [-0.2, -0.15) is 14.9 Å². The zero-order chi connectivity index (χ0) is 17.6. The number of aromatic amines is 1. The van der Waals surface area contributed by atoms with Crippen molar-refractivity contribution in [3.05, 3.63) is 58.9 Å². The molecule has 0 spiro atoms. The maximum atomic E-state index is 5.62. The van der Waals surface area contributed by atoms with Crippen LogP contribution in [0.3, 0.4) is 0 Å². The molecule has 0 bridgehead atoms. The summed E-state index contributed by atoms with van der Waals surface area (Å²) in [6.45, 7) is 2.53. The SMILES string of the molecule is CCOc1ccccc1C=Nn1c(-c2ccccc2OC)n[nH]c1=S. The Kier molecular flexibility index (Phi) is 5.25. The minimum atomic E-state index is 0.394. The minimum Gasteiger partial charge on any atom is -0.496 e. The number of nitrogens with one attached hydrogen (secondary N) is 1. The number of hydrogen-bond donors (Lipinski definition) is 1. The lowest BCUT2D eigenvalue weighted by Gasteiger charge is -2.08. The zero-order valence-corrected chi connectivity index (χ0v) is 14.8. The van der Waals surface area contributed by atoms with Crippen LogP contribution in [-0.2, 0) is 0 Å². The molecule has 0 aliphatic rings. The van der Waals surface area contributed by atoms with Crippen molar-refractivity contribution in [3.8, 4) is 22.9 Å². The summed E-state index contributed by atoms with van der Waals surface area (Å²) in [7, 11) is 1.62. The van der Waals surface area contributed by atoms with E-state index in [9.17, 15) is 0 Å². The Morgan fingerprint density at radius 2 is 1.88 bits per heavy atom. The first-order valence-electron chi connectivity index (χ1n) is 7.81. The first-order valence-corrected chi connectivity index (χ1v) is 8.22. The fourth-order valence-electron chi connectivity index (χ4n) is 2.40. The summed E-state index contributed by atoms with van der Waals surface area (Å²) >= 11 is 5.31. The number of aromatic nitrogens is 3. The van der Waals surface area contributed by atoms with Gasteiger partial charge in [-0.05, 0) is 43.4 Å². The van der Waals surface area contributed by atoms with Crippen LogP contribution in [0.2, 0.25) is 0 Å². The highest BCUT2D eigenvalue weighted by atomic mass is 32.1. The molecule has 3 rings (SSSR count). The fraction of sp³-hybridized carbons (Fsp3) is 0.167. The second kappa shape index (κ2) is 7.76.